The van der Waals surface area contributed by atoms with Crippen LogP contribution in [-0.2, 0) is 4.79 Å². The summed E-state index contributed by atoms with van der Waals surface area (Å²) >= 11 is 0. The molecule has 0 unspecified atom stereocenters. The largest absolute Gasteiger partial charge is 0.481 e. The average molecular weight is 287 g/mol. The van der Waals surface area contributed by atoms with E-state index < -0.39 is 5.97 Å². The van der Waals surface area contributed by atoms with Crippen molar-refractivity contribution in [3.8, 4) is 11.3 Å². The van der Waals surface area contributed by atoms with Gasteiger partial charge in [-0.15, -0.1) is 0 Å². The molecule has 0 aliphatic heterocycles. The summed E-state index contributed by atoms with van der Waals surface area (Å²) in [5, 5.41) is 15.6. The van der Waals surface area contributed by atoms with Gasteiger partial charge in [0.25, 0.3) is 5.91 Å². The maximum absolute atomic E-state index is 12.3. The molecule has 1 aromatic carbocycles. The average Bonchev–Trinajstić information content (AvgIpc) is 2.98. The zero-order valence-electron chi connectivity index (χ0n) is 11.7. The lowest BCUT2D eigenvalue weighted by molar-refractivity contribution is -0.137. The molecule has 0 saturated carbocycles. The van der Waals surface area contributed by atoms with Crippen LogP contribution < -0.4 is 0 Å². The predicted octanol–water partition coefficient (Wildman–Crippen LogP) is 2.01. The minimum atomic E-state index is -0.921. The zero-order chi connectivity index (χ0) is 15.2. The SMILES string of the molecule is CCN(CCC(=O)O)C(=O)c1cc(-c2ccccc2)n[nH]1. The summed E-state index contributed by atoms with van der Waals surface area (Å²) in [5.74, 6) is -1.16. The smallest absolute Gasteiger partial charge is 0.305 e. The molecule has 6 nitrogen and oxygen atoms in total. The first kappa shape index (κ1) is 14.8. The number of rotatable bonds is 6. The summed E-state index contributed by atoms with van der Waals surface area (Å²) in [5.41, 5.74) is 1.97. The molecule has 0 fully saturated rings. The fourth-order valence-corrected chi connectivity index (χ4v) is 1.99. The van der Waals surface area contributed by atoms with Crippen LogP contribution in [0.1, 0.15) is 23.8 Å². The summed E-state index contributed by atoms with van der Waals surface area (Å²) in [4.78, 5) is 24.4. The van der Waals surface area contributed by atoms with Crippen LogP contribution in [0.3, 0.4) is 0 Å². The number of nitrogens with one attached hydrogen (secondary N) is 1. The Morgan fingerprint density at radius 1 is 1.29 bits per heavy atom. The van der Waals surface area contributed by atoms with Crippen LogP contribution in [0, 0.1) is 0 Å². The molecule has 2 N–H and O–H groups in total. The number of nitrogens with zero attached hydrogens (tertiary/aromatic N) is 2. The summed E-state index contributed by atoms with van der Waals surface area (Å²) in [6, 6.07) is 11.2. The molecule has 1 amide bonds. The van der Waals surface area contributed by atoms with Gasteiger partial charge in [-0.1, -0.05) is 30.3 Å². The minimum Gasteiger partial charge on any atom is -0.481 e. The molecular weight excluding hydrogens is 270 g/mol. The lowest BCUT2D eigenvalue weighted by atomic mass is 10.1. The van der Waals surface area contributed by atoms with Crippen molar-refractivity contribution in [1.82, 2.24) is 15.1 Å². The predicted molar refractivity (Wildman–Crippen MR) is 77.9 cm³/mol. The van der Waals surface area contributed by atoms with Crippen LogP contribution in [0.15, 0.2) is 36.4 Å². The van der Waals surface area contributed by atoms with E-state index in [4.69, 9.17) is 5.11 Å². The van der Waals surface area contributed by atoms with Crippen LogP contribution in [0.25, 0.3) is 11.3 Å². The first-order valence-corrected chi connectivity index (χ1v) is 6.73. The topological polar surface area (TPSA) is 86.3 Å². The van der Waals surface area contributed by atoms with E-state index >= 15 is 0 Å². The Kier molecular flexibility index (Phi) is 4.71. The normalized spacial score (nSPS) is 10.3. The highest BCUT2D eigenvalue weighted by atomic mass is 16.4. The first-order valence-electron chi connectivity index (χ1n) is 6.73. The third kappa shape index (κ3) is 3.68. The second kappa shape index (κ2) is 6.69. The third-order valence-electron chi connectivity index (χ3n) is 3.14. The van der Waals surface area contributed by atoms with E-state index in [2.05, 4.69) is 10.2 Å². The second-order valence-electron chi connectivity index (χ2n) is 4.56. The molecule has 0 aliphatic rings. The summed E-state index contributed by atoms with van der Waals surface area (Å²) in [6.07, 6.45) is -0.0702. The molecular formula is C15H17N3O3. The number of H-pyrrole nitrogens is 1. The zero-order valence-corrected chi connectivity index (χ0v) is 11.7. The van der Waals surface area contributed by atoms with E-state index in [1.807, 2.05) is 37.3 Å². The lowest BCUT2D eigenvalue weighted by Gasteiger charge is -2.18. The molecule has 110 valence electrons. The molecule has 0 saturated heterocycles. The standard InChI is InChI=1S/C15H17N3O3/c1-2-18(9-8-14(19)20)15(21)13-10-12(16-17-13)11-6-4-3-5-7-11/h3-7,10H,2,8-9H2,1H3,(H,16,17)(H,19,20). The molecule has 0 aliphatic carbocycles. The summed E-state index contributed by atoms with van der Waals surface area (Å²) in [7, 11) is 0. The molecule has 21 heavy (non-hydrogen) atoms. The molecule has 0 bridgehead atoms. The van der Waals surface area contributed by atoms with Crippen molar-refractivity contribution in [1.29, 1.82) is 0 Å². The van der Waals surface area contributed by atoms with E-state index in [1.54, 1.807) is 6.07 Å². The van der Waals surface area contributed by atoms with Gasteiger partial charge >= 0.3 is 5.97 Å². The maximum Gasteiger partial charge on any atom is 0.305 e. The second-order valence-corrected chi connectivity index (χ2v) is 4.56. The third-order valence-corrected chi connectivity index (χ3v) is 3.14. The Morgan fingerprint density at radius 2 is 2.00 bits per heavy atom. The van der Waals surface area contributed by atoms with Gasteiger partial charge in [0.05, 0.1) is 12.1 Å². The van der Waals surface area contributed by atoms with Crippen molar-refractivity contribution in [3.63, 3.8) is 0 Å². The molecule has 2 aromatic rings. The molecule has 1 aromatic heterocycles. The molecule has 0 radical (unpaired) electrons. The molecule has 0 spiro atoms. The Hall–Kier alpha value is -2.63. The highest BCUT2D eigenvalue weighted by molar-refractivity contribution is 5.93. The number of aromatic nitrogens is 2. The number of carboxylic acid groups (broad SMARTS) is 1. The van der Waals surface area contributed by atoms with Gasteiger partial charge in [0.1, 0.15) is 5.69 Å². The van der Waals surface area contributed by atoms with E-state index in [1.165, 1.54) is 4.90 Å². The van der Waals surface area contributed by atoms with Gasteiger partial charge in [-0.25, -0.2) is 0 Å². The van der Waals surface area contributed by atoms with Crippen molar-refractivity contribution >= 4 is 11.9 Å². The lowest BCUT2D eigenvalue weighted by Crippen LogP contribution is -2.33. The quantitative estimate of drug-likeness (QED) is 0.851. The van der Waals surface area contributed by atoms with Crippen LogP contribution in [0.4, 0.5) is 0 Å². The van der Waals surface area contributed by atoms with Gasteiger partial charge in [-0.05, 0) is 13.0 Å². The van der Waals surface area contributed by atoms with E-state index in [9.17, 15) is 9.59 Å². The summed E-state index contributed by atoms with van der Waals surface area (Å²) < 4.78 is 0. The maximum atomic E-state index is 12.3. The van der Waals surface area contributed by atoms with Crippen LogP contribution in [0.5, 0.6) is 0 Å². The van der Waals surface area contributed by atoms with Gasteiger partial charge in [0, 0.05) is 18.7 Å². The minimum absolute atomic E-state index is 0.0702. The highest BCUT2D eigenvalue weighted by Gasteiger charge is 2.17. The fourth-order valence-electron chi connectivity index (χ4n) is 1.99. The van der Waals surface area contributed by atoms with Crippen molar-refractivity contribution in [2.24, 2.45) is 0 Å². The van der Waals surface area contributed by atoms with Crippen molar-refractivity contribution in [2.75, 3.05) is 13.1 Å². The first-order chi connectivity index (χ1) is 10.1. The molecule has 0 atom stereocenters. The van der Waals surface area contributed by atoms with Gasteiger partial charge in [-0.3, -0.25) is 14.7 Å². The molecule has 1 heterocycles. The number of aromatic amines is 1. The van der Waals surface area contributed by atoms with E-state index in [0.29, 0.717) is 17.9 Å². The number of hydrogen-bond donors (Lipinski definition) is 2. The number of aliphatic carboxylic acids is 1. The van der Waals surface area contributed by atoms with Crippen LogP contribution >= 0.6 is 0 Å². The highest BCUT2D eigenvalue weighted by Crippen LogP contribution is 2.17. The number of benzene rings is 1. The van der Waals surface area contributed by atoms with Crippen LogP contribution in [-0.4, -0.2) is 45.2 Å². The number of carbonyl (C=O) groups excluding carboxylic acids is 1. The Bertz CT molecular complexity index is 622. The van der Waals surface area contributed by atoms with Gasteiger partial charge < -0.3 is 10.0 Å². The van der Waals surface area contributed by atoms with Gasteiger partial charge in [0.2, 0.25) is 0 Å². The van der Waals surface area contributed by atoms with Crippen LogP contribution in [0.2, 0.25) is 0 Å². The number of amides is 1. The van der Waals surface area contributed by atoms with E-state index in [0.717, 1.165) is 5.56 Å². The number of carboxylic acids is 1. The monoisotopic (exact) mass is 287 g/mol. The van der Waals surface area contributed by atoms with Crippen molar-refractivity contribution in [2.45, 2.75) is 13.3 Å². The number of hydrogen-bond acceptors (Lipinski definition) is 3. The Morgan fingerprint density at radius 3 is 2.62 bits per heavy atom. The summed E-state index contributed by atoms with van der Waals surface area (Å²) in [6.45, 7) is 2.45. The van der Waals surface area contributed by atoms with Crippen molar-refractivity contribution in [3.05, 3.63) is 42.1 Å². The van der Waals surface area contributed by atoms with Gasteiger partial charge in [0.15, 0.2) is 0 Å². The fraction of sp³-hybridized carbons (Fsp3) is 0.267. The van der Waals surface area contributed by atoms with E-state index in [-0.39, 0.29) is 18.9 Å². The molecule has 6 heteroatoms. The number of carbonyl (C=O) groups is 2. The Labute approximate surface area is 122 Å². The Balaban J connectivity index is 2.12. The van der Waals surface area contributed by atoms with Crippen molar-refractivity contribution < 1.29 is 14.7 Å². The van der Waals surface area contributed by atoms with Gasteiger partial charge in [-0.2, -0.15) is 5.10 Å². The molecule has 2 rings (SSSR count).